The number of nitrogens with zero attached hydrogens (tertiary/aromatic N) is 3. The van der Waals surface area contributed by atoms with E-state index in [4.69, 9.17) is 9.73 Å². The number of methoxy groups -OCH3 is 1. The summed E-state index contributed by atoms with van der Waals surface area (Å²) in [5, 5.41) is 3.61. The van der Waals surface area contributed by atoms with Crippen LogP contribution >= 0.6 is 11.3 Å². The first-order valence-electron chi connectivity index (χ1n) is 9.38. The third kappa shape index (κ3) is 3.52. The second-order valence-corrected chi connectivity index (χ2v) is 7.98. The van der Waals surface area contributed by atoms with E-state index in [-0.39, 0.29) is 18.0 Å². The van der Waals surface area contributed by atoms with Gasteiger partial charge in [-0.25, -0.2) is 4.98 Å². The van der Waals surface area contributed by atoms with Gasteiger partial charge in [-0.1, -0.05) is 36.3 Å². The molecular weight excluding hydrogens is 376 g/mol. The zero-order valence-electron chi connectivity index (χ0n) is 15.9. The summed E-state index contributed by atoms with van der Waals surface area (Å²) in [4.78, 5) is 34.4. The van der Waals surface area contributed by atoms with E-state index in [9.17, 15) is 9.59 Å². The molecule has 2 heterocycles. The normalized spacial score (nSPS) is 15.4. The van der Waals surface area contributed by atoms with Crippen molar-refractivity contribution in [1.29, 1.82) is 0 Å². The molecule has 0 spiro atoms. The highest BCUT2D eigenvalue weighted by Crippen LogP contribution is 2.25. The van der Waals surface area contributed by atoms with Gasteiger partial charge in [0.2, 0.25) is 5.13 Å². The molecule has 7 nitrogen and oxygen atoms in total. The minimum absolute atomic E-state index is 0.0174. The predicted molar refractivity (Wildman–Crippen MR) is 110 cm³/mol. The van der Waals surface area contributed by atoms with Crippen LogP contribution in [0.2, 0.25) is 0 Å². The van der Waals surface area contributed by atoms with Crippen molar-refractivity contribution in [3.8, 4) is 5.13 Å². The maximum absolute atomic E-state index is 13.2. The van der Waals surface area contributed by atoms with Gasteiger partial charge in [0.25, 0.3) is 5.56 Å². The summed E-state index contributed by atoms with van der Waals surface area (Å²) >= 11 is 1.42. The fourth-order valence-corrected chi connectivity index (χ4v) is 4.59. The van der Waals surface area contributed by atoms with Crippen LogP contribution in [0.25, 0.3) is 15.3 Å². The Morgan fingerprint density at radius 2 is 2.11 bits per heavy atom. The quantitative estimate of drug-likeness (QED) is 0.528. The van der Waals surface area contributed by atoms with Crippen LogP contribution in [0, 0.1) is 0 Å². The number of nitrogens with one attached hydrogen (secondary N) is 1. The molecule has 0 unspecified atom stereocenters. The van der Waals surface area contributed by atoms with Crippen molar-refractivity contribution >= 4 is 33.2 Å². The summed E-state index contributed by atoms with van der Waals surface area (Å²) < 4.78 is 7.20. The lowest BCUT2D eigenvalue weighted by Gasteiger charge is -2.05. The van der Waals surface area contributed by atoms with E-state index in [0.717, 1.165) is 23.1 Å². The summed E-state index contributed by atoms with van der Waals surface area (Å²) in [7, 11) is 1.34. The minimum atomic E-state index is -0.410. The number of aliphatic imine (C=N–C) groups is 1. The van der Waals surface area contributed by atoms with Gasteiger partial charge in [-0.2, -0.15) is 4.68 Å². The summed E-state index contributed by atoms with van der Waals surface area (Å²) in [6.07, 6.45) is 4.40. The molecule has 4 rings (SSSR count). The molecule has 1 aliphatic carbocycles. The molecular formula is C20H22N4O3S. The average molecular weight is 398 g/mol. The summed E-state index contributed by atoms with van der Waals surface area (Å²) in [6.45, 7) is 1.84. The van der Waals surface area contributed by atoms with Crippen LogP contribution in [0.5, 0.6) is 0 Å². The summed E-state index contributed by atoms with van der Waals surface area (Å²) in [6, 6.07) is 7.97. The fourth-order valence-electron chi connectivity index (χ4n) is 3.66. The number of rotatable bonds is 5. The topological polar surface area (TPSA) is 89.3 Å². The van der Waals surface area contributed by atoms with E-state index >= 15 is 0 Å². The van der Waals surface area contributed by atoms with Crippen molar-refractivity contribution in [2.45, 2.75) is 45.1 Å². The first-order valence-corrected chi connectivity index (χ1v) is 10.2. The smallest absolute Gasteiger partial charge is 0.311 e. The van der Waals surface area contributed by atoms with Gasteiger partial charge in [-0.05, 0) is 31.9 Å². The third-order valence-corrected chi connectivity index (χ3v) is 6.07. The largest absolute Gasteiger partial charge is 0.469 e. The fraction of sp³-hybridized carbons (Fsp3) is 0.400. The maximum atomic E-state index is 13.2. The molecule has 28 heavy (non-hydrogen) atoms. The van der Waals surface area contributed by atoms with Gasteiger partial charge in [-0.3, -0.25) is 19.7 Å². The first kappa shape index (κ1) is 18.6. The summed E-state index contributed by atoms with van der Waals surface area (Å²) in [5.41, 5.74) is 2.20. The number of aromatic nitrogens is 3. The Morgan fingerprint density at radius 1 is 1.36 bits per heavy atom. The molecule has 0 atom stereocenters. The van der Waals surface area contributed by atoms with Crippen molar-refractivity contribution in [2.75, 3.05) is 7.11 Å². The highest BCUT2D eigenvalue weighted by atomic mass is 32.1. The van der Waals surface area contributed by atoms with Gasteiger partial charge >= 0.3 is 5.97 Å². The molecule has 1 fully saturated rings. The molecule has 0 amide bonds. The monoisotopic (exact) mass is 398 g/mol. The van der Waals surface area contributed by atoms with Gasteiger partial charge < -0.3 is 4.74 Å². The predicted octanol–water partition coefficient (Wildman–Crippen LogP) is 3.24. The molecule has 0 saturated heterocycles. The molecule has 0 aliphatic heterocycles. The number of para-hydroxylation sites is 1. The Bertz CT molecular complexity index is 1070. The van der Waals surface area contributed by atoms with Crippen molar-refractivity contribution in [2.24, 2.45) is 4.99 Å². The Labute approximate surface area is 166 Å². The van der Waals surface area contributed by atoms with Crippen LogP contribution < -0.4 is 5.56 Å². The number of hydrogen-bond donors (Lipinski definition) is 1. The zero-order chi connectivity index (χ0) is 19.7. The molecule has 0 bridgehead atoms. The summed E-state index contributed by atoms with van der Waals surface area (Å²) in [5.74, 6) is -0.410. The minimum Gasteiger partial charge on any atom is -0.469 e. The SMILES string of the molecule is COC(=O)Cc1[nH]n(-c2nc3ccccc3s2)c(=O)c1C(C)=NC1CCCC1. The van der Waals surface area contributed by atoms with Gasteiger partial charge in [0.1, 0.15) is 0 Å². The van der Waals surface area contributed by atoms with Gasteiger partial charge in [0.05, 0.1) is 41.0 Å². The number of aromatic amines is 1. The van der Waals surface area contributed by atoms with Gasteiger partial charge in [0.15, 0.2) is 0 Å². The van der Waals surface area contributed by atoms with Gasteiger partial charge in [0, 0.05) is 5.71 Å². The zero-order valence-corrected chi connectivity index (χ0v) is 16.7. The maximum Gasteiger partial charge on any atom is 0.311 e. The number of esters is 1. The van der Waals surface area contributed by atoms with Crippen LogP contribution in [-0.4, -0.2) is 39.6 Å². The number of benzene rings is 1. The van der Waals surface area contributed by atoms with Crippen molar-refractivity contribution < 1.29 is 9.53 Å². The number of ether oxygens (including phenoxy) is 1. The Balaban J connectivity index is 1.81. The van der Waals surface area contributed by atoms with E-state index in [2.05, 4.69) is 10.1 Å². The average Bonchev–Trinajstić information content (AvgIpc) is 3.40. The molecule has 1 saturated carbocycles. The van der Waals surface area contributed by atoms with Crippen molar-refractivity contribution in [3.63, 3.8) is 0 Å². The lowest BCUT2D eigenvalue weighted by atomic mass is 10.1. The second-order valence-electron chi connectivity index (χ2n) is 6.98. The standard InChI is InChI=1S/C20H22N4O3S/c1-12(21-13-7-3-4-8-13)18-15(11-17(25)27-2)23-24(19(18)26)20-22-14-9-5-6-10-16(14)28-20/h5-6,9-10,13,23H,3-4,7-8,11H2,1-2H3. The van der Waals surface area contributed by atoms with E-state index in [1.807, 2.05) is 31.2 Å². The van der Waals surface area contributed by atoms with E-state index < -0.39 is 5.97 Å². The Kier molecular flexibility index (Phi) is 5.13. The van der Waals surface area contributed by atoms with E-state index in [1.54, 1.807) is 0 Å². The lowest BCUT2D eigenvalue weighted by Crippen LogP contribution is -2.20. The van der Waals surface area contributed by atoms with Crippen LogP contribution in [0.1, 0.15) is 43.9 Å². The van der Waals surface area contributed by atoms with Crippen LogP contribution in [0.4, 0.5) is 0 Å². The van der Waals surface area contributed by atoms with E-state index in [0.29, 0.717) is 22.1 Å². The number of thiazole rings is 1. The first-order chi connectivity index (χ1) is 13.6. The Morgan fingerprint density at radius 3 is 2.82 bits per heavy atom. The third-order valence-electron chi connectivity index (χ3n) is 5.05. The lowest BCUT2D eigenvalue weighted by molar-refractivity contribution is -0.139. The molecule has 2 aromatic heterocycles. The van der Waals surface area contributed by atoms with Crippen molar-refractivity contribution in [3.05, 3.63) is 45.9 Å². The molecule has 0 radical (unpaired) electrons. The molecule has 8 heteroatoms. The molecule has 1 N–H and O–H groups in total. The van der Waals surface area contributed by atoms with Crippen LogP contribution in [0.15, 0.2) is 34.1 Å². The number of fused-ring (bicyclic) bond motifs is 1. The number of carbonyl (C=O) groups excluding carboxylic acids is 1. The van der Waals surface area contributed by atoms with Gasteiger partial charge in [-0.15, -0.1) is 0 Å². The molecule has 1 aliphatic rings. The van der Waals surface area contributed by atoms with Crippen LogP contribution in [-0.2, 0) is 16.0 Å². The second kappa shape index (κ2) is 7.71. The Hall–Kier alpha value is -2.74. The number of carbonyl (C=O) groups is 1. The molecule has 1 aromatic carbocycles. The number of hydrogen-bond acceptors (Lipinski definition) is 6. The molecule has 3 aromatic rings. The van der Waals surface area contributed by atoms with Crippen molar-refractivity contribution in [1.82, 2.24) is 14.8 Å². The van der Waals surface area contributed by atoms with Crippen LogP contribution in [0.3, 0.4) is 0 Å². The molecule has 146 valence electrons. The number of H-pyrrole nitrogens is 1. The highest BCUT2D eigenvalue weighted by Gasteiger charge is 2.23. The highest BCUT2D eigenvalue weighted by molar-refractivity contribution is 7.20. The van der Waals surface area contributed by atoms with E-state index in [1.165, 1.54) is 36.0 Å².